The Labute approximate surface area is 189 Å². The van der Waals surface area contributed by atoms with Gasteiger partial charge in [-0.1, -0.05) is 23.5 Å². The minimum atomic E-state index is -4.52. The first-order chi connectivity index (χ1) is 15.7. The van der Waals surface area contributed by atoms with Crippen LogP contribution in [0.15, 0.2) is 48.5 Å². The van der Waals surface area contributed by atoms with Crippen LogP contribution >= 0.6 is 11.3 Å². The van der Waals surface area contributed by atoms with Crippen molar-refractivity contribution in [1.29, 1.82) is 0 Å². The van der Waals surface area contributed by atoms with E-state index in [-0.39, 0.29) is 16.4 Å². The van der Waals surface area contributed by atoms with Crippen molar-refractivity contribution in [3.05, 3.63) is 69.9 Å². The zero-order valence-electron chi connectivity index (χ0n) is 16.9. The third-order valence-corrected chi connectivity index (χ3v) is 5.98. The summed E-state index contributed by atoms with van der Waals surface area (Å²) in [6.45, 7) is 0.375. The number of hydrogen-bond donors (Lipinski definition) is 2. The minimum Gasteiger partial charge on any atom is -0.320 e. The van der Waals surface area contributed by atoms with Crippen LogP contribution in [0.25, 0.3) is 0 Å². The Bertz CT molecular complexity index is 1180. The standard InChI is InChI=1S/C21H17F4N5O2S/c22-13-5-2-7-15(11-13)26-17(31)19-29-28-18(33-19)16-8-3-9-30(16)20(32)27-14-6-1-4-12(10-14)21(23,24)25/h1-2,4-7,10-11,16H,3,8-9H2,(H,26,31)(H,27,32)/t16-/m1/s1. The van der Waals surface area contributed by atoms with E-state index in [0.717, 1.165) is 29.5 Å². The second kappa shape index (κ2) is 9.14. The molecule has 0 spiro atoms. The summed E-state index contributed by atoms with van der Waals surface area (Å²) in [6.07, 6.45) is -3.30. The molecule has 1 aromatic heterocycles. The molecule has 4 rings (SSSR count). The fourth-order valence-electron chi connectivity index (χ4n) is 3.45. The van der Waals surface area contributed by atoms with Gasteiger partial charge in [-0.2, -0.15) is 13.2 Å². The van der Waals surface area contributed by atoms with E-state index in [2.05, 4.69) is 20.8 Å². The molecule has 172 valence electrons. The predicted octanol–water partition coefficient (Wildman–Crippen LogP) is 5.32. The molecule has 0 radical (unpaired) electrons. The van der Waals surface area contributed by atoms with Gasteiger partial charge >= 0.3 is 12.2 Å². The fraction of sp³-hybridized carbons (Fsp3) is 0.238. The van der Waals surface area contributed by atoms with E-state index in [9.17, 15) is 27.2 Å². The summed E-state index contributed by atoms with van der Waals surface area (Å²) in [5, 5.41) is 13.4. The Kier molecular flexibility index (Phi) is 6.27. The second-order valence-corrected chi connectivity index (χ2v) is 8.28. The van der Waals surface area contributed by atoms with Gasteiger partial charge in [0, 0.05) is 17.9 Å². The maximum absolute atomic E-state index is 13.3. The van der Waals surface area contributed by atoms with Gasteiger partial charge in [0.15, 0.2) is 0 Å². The predicted molar refractivity (Wildman–Crippen MR) is 113 cm³/mol. The number of nitrogens with one attached hydrogen (secondary N) is 2. The summed E-state index contributed by atoms with van der Waals surface area (Å²) in [5.74, 6) is -1.07. The second-order valence-electron chi connectivity index (χ2n) is 7.27. The number of likely N-dealkylation sites (tertiary alicyclic amines) is 1. The molecular weight excluding hydrogens is 462 g/mol. The number of anilines is 2. The molecule has 1 fully saturated rings. The van der Waals surface area contributed by atoms with E-state index in [1.165, 1.54) is 35.2 Å². The fourth-order valence-corrected chi connectivity index (χ4v) is 4.33. The van der Waals surface area contributed by atoms with Crippen molar-refractivity contribution in [2.45, 2.75) is 25.1 Å². The lowest BCUT2D eigenvalue weighted by Gasteiger charge is -2.23. The van der Waals surface area contributed by atoms with Crippen molar-refractivity contribution in [2.75, 3.05) is 17.2 Å². The summed E-state index contributed by atoms with van der Waals surface area (Å²) in [6, 6.07) is 8.73. The zero-order chi connectivity index (χ0) is 23.6. The number of aromatic nitrogens is 2. The third kappa shape index (κ3) is 5.28. The van der Waals surface area contributed by atoms with Crippen LogP contribution in [0.1, 0.15) is 39.3 Å². The number of urea groups is 1. The molecule has 33 heavy (non-hydrogen) atoms. The summed E-state index contributed by atoms with van der Waals surface area (Å²) in [5.41, 5.74) is -0.580. The van der Waals surface area contributed by atoms with Crippen LogP contribution in [-0.2, 0) is 6.18 Å². The summed E-state index contributed by atoms with van der Waals surface area (Å²) in [4.78, 5) is 26.6. The molecule has 0 bridgehead atoms. The molecule has 2 heterocycles. The maximum Gasteiger partial charge on any atom is 0.416 e. The van der Waals surface area contributed by atoms with E-state index in [1.807, 2.05) is 0 Å². The van der Waals surface area contributed by atoms with Crippen LogP contribution in [0.4, 0.5) is 33.7 Å². The molecular formula is C21H17F4N5O2S. The lowest BCUT2D eigenvalue weighted by molar-refractivity contribution is -0.137. The van der Waals surface area contributed by atoms with Crippen molar-refractivity contribution >= 4 is 34.6 Å². The van der Waals surface area contributed by atoms with Gasteiger partial charge in [0.1, 0.15) is 10.8 Å². The molecule has 3 aromatic rings. The molecule has 1 aliphatic heterocycles. The third-order valence-electron chi connectivity index (χ3n) is 4.96. The lowest BCUT2D eigenvalue weighted by atomic mass is 10.2. The summed E-state index contributed by atoms with van der Waals surface area (Å²) < 4.78 is 52.1. The molecule has 7 nitrogen and oxygen atoms in total. The van der Waals surface area contributed by atoms with Gasteiger partial charge in [0.05, 0.1) is 11.6 Å². The van der Waals surface area contributed by atoms with Crippen molar-refractivity contribution in [1.82, 2.24) is 15.1 Å². The molecule has 1 saturated heterocycles. The average Bonchev–Trinajstić information content (AvgIpc) is 3.43. The highest BCUT2D eigenvalue weighted by Crippen LogP contribution is 2.35. The number of amides is 3. The van der Waals surface area contributed by atoms with Gasteiger partial charge in [-0.3, -0.25) is 4.79 Å². The van der Waals surface area contributed by atoms with Crippen molar-refractivity contribution in [3.8, 4) is 0 Å². The number of nitrogens with zero attached hydrogens (tertiary/aromatic N) is 3. The minimum absolute atomic E-state index is 0.0212. The van der Waals surface area contributed by atoms with E-state index in [1.54, 1.807) is 0 Å². The van der Waals surface area contributed by atoms with Gasteiger partial charge in [-0.25, -0.2) is 9.18 Å². The van der Waals surface area contributed by atoms with Crippen molar-refractivity contribution < 1.29 is 27.2 Å². The topological polar surface area (TPSA) is 87.2 Å². The zero-order valence-corrected chi connectivity index (χ0v) is 17.7. The highest BCUT2D eigenvalue weighted by atomic mass is 32.1. The Morgan fingerprint density at radius 2 is 1.76 bits per heavy atom. The molecule has 1 atom stereocenters. The SMILES string of the molecule is O=C(Nc1cccc(F)c1)c1nnc([C@H]2CCCN2C(=O)Nc2cccc(C(F)(F)F)c2)s1. The number of carbonyl (C=O) groups excluding carboxylic acids is 2. The van der Waals surface area contributed by atoms with Gasteiger partial charge in [0.2, 0.25) is 5.01 Å². The van der Waals surface area contributed by atoms with Crippen LogP contribution < -0.4 is 10.6 Å². The molecule has 2 N–H and O–H groups in total. The van der Waals surface area contributed by atoms with Crippen molar-refractivity contribution in [3.63, 3.8) is 0 Å². The molecule has 12 heteroatoms. The van der Waals surface area contributed by atoms with Crippen LogP contribution in [0.3, 0.4) is 0 Å². The van der Waals surface area contributed by atoms with E-state index < -0.39 is 35.5 Å². The number of alkyl halides is 3. The molecule has 1 aliphatic rings. The Morgan fingerprint density at radius 3 is 2.48 bits per heavy atom. The highest BCUT2D eigenvalue weighted by molar-refractivity contribution is 7.13. The number of benzene rings is 2. The Balaban J connectivity index is 1.45. The van der Waals surface area contributed by atoms with E-state index in [0.29, 0.717) is 24.4 Å². The number of carbonyl (C=O) groups is 2. The summed E-state index contributed by atoms with van der Waals surface area (Å²) in [7, 11) is 0. The quantitative estimate of drug-likeness (QED) is 0.496. The summed E-state index contributed by atoms with van der Waals surface area (Å²) >= 11 is 0.997. The first-order valence-electron chi connectivity index (χ1n) is 9.86. The van der Waals surface area contributed by atoms with Crippen LogP contribution in [0, 0.1) is 5.82 Å². The van der Waals surface area contributed by atoms with E-state index in [4.69, 9.17) is 0 Å². The molecule has 0 unspecified atom stereocenters. The first kappa shape index (κ1) is 22.6. The molecule has 2 aromatic carbocycles. The average molecular weight is 479 g/mol. The van der Waals surface area contributed by atoms with Gasteiger partial charge in [-0.05, 0) is 49.2 Å². The van der Waals surface area contributed by atoms with Crippen LogP contribution in [-0.4, -0.2) is 33.6 Å². The molecule has 3 amide bonds. The number of rotatable bonds is 4. The normalized spacial score (nSPS) is 16.0. The van der Waals surface area contributed by atoms with E-state index >= 15 is 0 Å². The Morgan fingerprint density at radius 1 is 1.03 bits per heavy atom. The smallest absolute Gasteiger partial charge is 0.320 e. The Hall–Kier alpha value is -3.54. The van der Waals surface area contributed by atoms with Crippen LogP contribution in [0.5, 0.6) is 0 Å². The number of hydrogen-bond acceptors (Lipinski definition) is 5. The first-order valence-corrected chi connectivity index (χ1v) is 10.7. The molecule has 0 saturated carbocycles. The largest absolute Gasteiger partial charge is 0.416 e. The van der Waals surface area contributed by atoms with Gasteiger partial charge in [0.25, 0.3) is 5.91 Å². The monoisotopic (exact) mass is 479 g/mol. The number of halogens is 4. The van der Waals surface area contributed by atoms with Crippen LogP contribution in [0.2, 0.25) is 0 Å². The van der Waals surface area contributed by atoms with Gasteiger partial charge < -0.3 is 15.5 Å². The van der Waals surface area contributed by atoms with Crippen molar-refractivity contribution in [2.24, 2.45) is 0 Å². The highest BCUT2D eigenvalue weighted by Gasteiger charge is 2.34. The maximum atomic E-state index is 13.3. The molecule has 0 aliphatic carbocycles. The van der Waals surface area contributed by atoms with Gasteiger partial charge in [-0.15, -0.1) is 10.2 Å². The lowest BCUT2D eigenvalue weighted by Crippen LogP contribution is -2.34.